The van der Waals surface area contributed by atoms with Crippen LogP contribution in [0.2, 0.25) is 0 Å². The van der Waals surface area contributed by atoms with Crippen molar-refractivity contribution in [2.75, 3.05) is 12.4 Å². The molecular weight excluding hydrogens is 428 g/mol. The number of aromatic nitrogens is 1. The number of ether oxygens (including phenoxy) is 1. The van der Waals surface area contributed by atoms with E-state index < -0.39 is 12.0 Å². The van der Waals surface area contributed by atoms with E-state index in [1.165, 1.54) is 0 Å². The lowest BCUT2D eigenvalue weighted by Gasteiger charge is -2.14. The summed E-state index contributed by atoms with van der Waals surface area (Å²) in [6, 6.07) is 14.7. The van der Waals surface area contributed by atoms with Gasteiger partial charge in [0, 0.05) is 32.9 Å². The van der Waals surface area contributed by atoms with Crippen LogP contribution in [0.15, 0.2) is 59.2 Å². The van der Waals surface area contributed by atoms with Gasteiger partial charge in [-0.1, -0.05) is 40.2 Å². The maximum absolute atomic E-state index is 12.4. The van der Waals surface area contributed by atoms with E-state index in [1.807, 2.05) is 24.4 Å². The van der Waals surface area contributed by atoms with Crippen LogP contribution in [0, 0.1) is 0 Å². The van der Waals surface area contributed by atoms with Gasteiger partial charge >= 0.3 is 5.97 Å². The van der Waals surface area contributed by atoms with Crippen molar-refractivity contribution in [2.24, 2.45) is 0 Å². The molecule has 0 unspecified atom stereocenters. The Morgan fingerprint density at radius 3 is 2.78 bits per heavy atom. The van der Waals surface area contributed by atoms with E-state index in [1.54, 1.807) is 36.0 Å². The van der Waals surface area contributed by atoms with E-state index in [9.17, 15) is 9.59 Å². The van der Waals surface area contributed by atoms with Gasteiger partial charge in [-0.2, -0.15) is 0 Å². The highest BCUT2D eigenvalue weighted by Crippen LogP contribution is 2.36. The number of hydrogen-bond donors (Lipinski definition) is 2. The highest BCUT2D eigenvalue weighted by atomic mass is 79.9. The monoisotopic (exact) mass is 444 g/mol. The van der Waals surface area contributed by atoms with Gasteiger partial charge in [0.25, 0.3) is 0 Å². The SMILES string of the molecule is O=C(COC(=O)[C@@H]1CS[C@@H](c2cccc3[nH]ccc23)N1)c1ccc(Br)cc1. The maximum atomic E-state index is 12.4. The van der Waals surface area contributed by atoms with Crippen LogP contribution in [0.1, 0.15) is 21.3 Å². The van der Waals surface area contributed by atoms with Crippen molar-refractivity contribution in [3.8, 4) is 0 Å². The first-order valence-electron chi connectivity index (χ1n) is 8.51. The lowest BCUT2D eigenvalue weighted by molar-refractivity contribution is -0.144. The van der Waals surface area contributed by atoms with Crippen LogP contribution in [-0.2, 0) is 9.53 Å². The normalized spacial score (nSPS) is 19.3. The standard InChI is InChI=1S/C20H17BrN2O3S/c21-13-6-4-12(5-7-13)18(24)10-26-20(25)17-11-27-19(23-17)15-2-1-3-16-14(15)8-9-22-16/h1-9,17,19,22-23H,10-11H2/t17-,19-/m0/s1. The molecule has 4 rings (SSSR count). The van der Waals surface area contributed by atoms with E-state index in [2.05, 4.69) is 32.3 Å². The van der Waals surface area contributed by atoms with E-state index in [0.717, 1.165) is 20.9 Å². The van der Waals surface area contributed by atoms with Crippen LogP contribution in [0.25, 0.3) is 10.9 Å². The fourth-order valence-corrected chi connectivity index (χ4v) is 4.61. The summed E-state index contributed by atoms with van der Waals surface area (Å²) in [5, 5.41) is 4.48. The van der Waals surface area contributed by atoms with Crippen molar-refractivity contribution in [1.82, 2.24) is 10.3 Å². The van der Waals surface area contributed by atoms with E-state index in [-0.39, 0.29) is 17.8 Å². The Kier molecular flexibility index (Phi) is 5.33. The third-order valence-corrected chi connectivity index (χ3v) is 6.27. The average molecular weight is 445 g/mol. The predicted molar refractivity (Wildman–Crippen MR) is 110 cm³/mol. The average Bonchev–Trinajstić information content (AvgIpc) is 3.35. The first-order valence-corrected chi connectivity index (χ1v) is 10.3. The molecule has 0 radical (unpaired) electrons. The third-order valence-electron chi connectivity index (χ3n) is 4.49. The number of carbonyl (C=O) groups excluding carboxylic acids is 2. The molecule has 1 aliphatic heterocycles. The van der Waals surface area contributed by atoms with Gasteiger partial charge in [0.15, 0.2) is 12.4 Å². The van der Waals surface area contributed by atoms with E-state index in [4.69, 9.17) is 4.74 Å². The Bertz CT molecular complexity index is 986. The van der Waals surface area contributed by atoms with Gasteiger partial charge in [-0.25, -0.2) is 0 Å². The molecule has 0 aliphatic carbocycles. The molecule has 3 aromatic rings. The predicted octanol–water partition coefficient (Wildman–Crippen LogP) is 4.06. The molecule has 2 heterocycles. The second kappa shape index (κ2) is 7.88. The van der Waals surface area contributed by atoms with Crippen LogP contribution < -0.4 is 5.32 Å². The zero-order chi connectivity index (χ0) is 18.8. The Morgan fingerprint density at radius 2 is 1.96 bits per heavy atom. The van der Waals surface area contributed by atoms with Gasteiger partial charge in [-0.15, -0.1) is 11.8 Å². The number of thioether (sulfide) groups is 1. The molecule has 0 amide bonds. The van der Waals surface area contributed by atoms with Crippen molar-refractivity contribution in [3.63, 3.8) is 0 Å². The number of ketones is 1. The molecule has 7 heteroatoms. The quantitative estimate of drug-likeness (QED) is 0.458. The first-order chi connectivity index (χ1) is 13.1. The van der Waals surface area contributed by atoms with Gasteiger partial charge in [-0.05, 0) is 29.8 Å². The number of fused-ring (bicyclic) bond motifs is 1. The molecule has 1 fully saturated rings. The fraction of sp³-hybridized carbons (Fsp3) is 0.200. The minimum absolute atomic E-state index is 0.0178. The number of benzene rings is 2. The van der Waals surface area contributed by atoms with E-state index in [0.29, 0.717) is 11.3 Å². The number of rotatable bonds is 5. The molecule has 27 heavy (non-hydrogen) atoms. The molecule has 2 N–H and O–H groups in total. The number of Topliss-reactive ketones (excluding diaryl/α,β-unsaturated/α-hetero) is 1. The summed E-state index contributed by atoms with van der Waals surface area (Å²) in [5.41, 5.74) is 2.73. The van der Waals surface area contributed by atoms with Crippen LogP contribution in [0.3, 0.4) is 0 Å². The molecule has 5 nitrogen and oxygen atoms in total. The second-order valence-electron chi connectivity index (χ2n) is 6.26. The molecular formula is C20H17BrN2O3S. The Hall–Kier alpha value is -2.09. The van der Waals surface area contributed by atoms with Crippen molar-refractivity contribution in [1.29, 1.82) is 0 Å². The number of carbonyl (C=O) groups is 2. The summed E-state index contributed by atoms with van der Waals surface area (Å²) >= 11 is 5.00. The molecule has 0 saturated carbocycles. The Labute approximate surface area is 169 Å². The molecule has 2 atom stereocenters. The zero-order valence-electron chi connectivity index (χ0n) is 14.3. The van der Waals surface area contributed by atoms with Gasteiger partial charge in [-0.3, -0.25) is 14.9 Å². The molecule has 1 saturated heterocycles. The molecule has 1 aromatic heterocycles. The van der Waals surface area contributed by atoms with Crippen LogP contribution in [-0.4, -0.2) is 35.1 Å². The highest BCUT2D eigenvalue weighted by molar-refractivity contribution is 9.10. The number of esters is 1. The van der Waals surface area contributed by atoms with Gasteiger partial charge in [0.1, 0.15) is 6.04 Å². The number of H-pyrrole nitrogens is 1. The number of halogens is 1. The molecule has 0 spiro atoms. The summed E-state index contributed by atoms with van der Waals surface area (Å²) in [6.45, 7) is -0.249. The van der Waals surface area contributed by atoms with Gasteiger partial charge < -0.3 is 9.72 Å². The van der Waals surface area contributed by atoms with Crippen molar-refractivity contribution >= 4 is 50.3 Å². The minimum Gasteiger partial charge on any atom is -0.456 e. The molecule has 138 valence electrons. The van der Waals surface area contributed by atoms with Gasteiger partial charge in [0.2, 0.25) is 0 Å². The Balaban J connectivity index is 1.36. The largest absolute Gasteiger partial charge is 0.456 e. The van der Waals surface area contributed by atoms with Crippen molar-refractivity contribution in [2.45, 2.75) is 11.4 Å². The molecule has 1 aliphatic rings. The van der Waals surface area contributed by atoms with Crippen LogP contribution >= 0.6 is 27.7 Å². The third kappa shape index (κ3) is 3.95. The van der Waals surface area contributed by atoms with E-state index >= 15 is 0 Å². The zero-order valence-corrected chi connectivity index (χ0v) is 16.7. The molecule has 2 aromatic carbocycles. The number of nitrogens with one attached hydrogen (secondary N) is 2. The summed E-state index contributed by atoms with van der Waals surface area (Å²) in [5.74, 6) is 0.00315. The van der Waals surface area contributed by atoms with Crippen molar-refractivity contribution < 1.29 is 14.3 Å². The second-order valence-corrected chi connectivity index (χ2v) is 8.31. The van der Waals surface area contributed by atoms with Crippen LogP contribution in [0.5, 0.6) is 0 Å². The minimum atomic E-state index is -0.424. The summed E-state index contributed by atoms with van der Waals surface area (Å²) in [7, 11) is 0. The smallest absolute Gasteiger partial charge is 0.324 e. The maximum Gasteiger partial charge on any atom is 0.324 e. The highest BCUT2D eigenvalue weighted by Gasteiger charge is 2.32. The molecule has 0 bridgehead atoms. The number of aromatic amines is 1. The summed E-state index contributed by atoms with van der Waals surface area (Å²) < 4.78 is 6.14. The Morgan fingerprint density at radius 1 is 1.15 bits per heavy atom. The topological polar surface area (TPSA) is 71.2 Å². The van der Waals surface area contributed by atoms with Crippen molar-refractivity contribution in [3.05, 3.63) is 70.3 Å². The lowest BCUT2D eigenvalue weighted by atomic mass is 10.1. The van der Waals surface area contributed by atoms with Crippen LogP contribution in [0.4, 0.5) is 0 Å². The fourth-order valence-electron chi connectivity index (χ4n) is 3.08. The summed E-state index contributed by atoms with van der Waals surface area (Å²) in [4.78, 5) is 27.7. The summed E-state index contributed by atoms with van der Waals surface area (Å²) in [6.07, 6.45) is 1.91. The number of hydrogen-bond acceptors (Lipinski definition) is 5. The lowest BCUT2D eigenvalue weighted by Crippen LogP contribution is -2.36. The first kappa shape index (κ1) is 18.3. The van der Waals surface area contributed by atoms with Gasteiger partial charge in [0.05, 0.1) is 5.37 Å².